The summed E-state index contributed by atoms with van der Waals surface area (Å²) < 4.78 is 13.0. The fourth-order valence-electron chi connectivity index (χ4n) is 3.20. The summed E-state index contributed by atoms with van der Waals surface area (Å²) in [5, 5.41) is 3.43. The van der Waals surface area contributed by atoms with E-state index in [9.17, 15) is 9.59 Å². The summed E-state index contributed by atoms with van der Waals surface area (Å²) in [7, 11) is 3.06. The zero-order valence-corrected chi connectivity index (χ0v) is 18.7. The van der Waals surface area contributed by atoms with Crippen molar-refractivity contribution < 1.29 is 14.3 Å². The van der Waals surface area contributed by atoms with E-state index in [2.05, 4.69) is 26.2 Å². The largest absolute Gasteiger partial charge is 0.493 e. The SMILES string of the molecule is COc1cc2ncn(CCCC(=O)NC(C)c3ccc(Br)cc3)c(=O)c2cc1OC. The minimum Gasteiger partial charge on any atom is -0.493 e. The number of aromatic nitrogens is 2. The van der Waals surface area contributed by atoms with Crippen LogP contribution >= 0.6 is 15.9 Å². The number of hydrogen-bond donors (Lipinski definition) is 1. The Morgan fingerprint density at radius 1 is 1.17 bits per heavy atom. The van der Waals surface area contributed by atoms with Crippen LogP contribution in [-0.2, 0) is 11.3 Å². The molecule has 1 amide bonds. The highest BCUT2D eigenvalue weighted by Gasteiger charge is 2.12. The number of aryl methyl sites for hydroxylation is 1. The number of carbonyl (C=O) groups is 1. The minimum atomic E-state index is -0.176. The van der Waals surface area contributed by atoms with Crippen LogP contribution in [-0.4, -0.2) is 29.7 Å². The van der Waals surface area contributed by atoms with E-state index in [1.54, 1.807) is 12.1 Å². The molecule has 0 saturated carbocycles. The van der Waals surface area contributed by atoms with Crippen LogP contribution in [0.2, 0.25) is 0 Å². The van der Waals surface area contributed by atoms with Gasteiger partial charge in [-0.15, -0.1) is 0 Å². The third-order valence-corrected chi connectivity index (χ3v) is 5.41. The normalized spacial score (nSPS) is 11.9. The first-order valence-electron chi connectivity index (χ1n) is 9.59. The minimum absolute atomic E-state index is 0.0568. The number of benzene rings is 2. The van der Waals surface area contributed by atoms with Gasteiger partial charge in [-0.25, -0.2) is 4.98 Å². The van der Waals surface area contributed by atoms with Crippen molar-refractivity contribution in [2.75, 3.05) is 14.2 Å². The molecule has 3 aromatic rings. The molecule has 8 heteroatoms. The van der Waals surface area contributed by atoms with Crippen LogP contribution in [0.1, 0.15) is 31.4 Å². The molecule has 0 saturated heterocycles. The quantitative estimate of drug-likeness (QED) is 0.537. The summed E-state index contributed by atoms with van der Waals surface area (Å²) in [5.41, 5.74) is 1.39. The monoisotopic (exact) mass is 473 g/mol. The van der Waals surface area contributed by atoms with Crippen molar-refractivity contribution in [1.82, 2.24) is 14.9 Å². The number of nitrogens with zero attached hydrogens (tertiary/aromatic N) is 2. The molecule has 1 unspecified atom stereocenters. The van der Waals surface area contributed by atoms with Gasteiger partial charge >= 0.3 is 0 Å². The molecule has 3 rings (SSSR count). The Hall–Kier alpha value is -2.87. The second-order valence-corrected chi connectivity index (χ2v) is 7.83. The van der Waals surface area contributed by atoms with Gasteiger partial charge in [0.25, 0.3) is 5.56 Å². The smallest absolute Gasteiger partial charge is 0.261 e. The van der Waals surface area contributed by atoms with Gasteiger partial charge in [0.15, 0.2) is 11.5 Å². The molecule has 1 aromatic heterocycles. The van der Waals surface area contributed by atoms with Crippen LogP contribution in [0, 0.1) is 0 Å². The molecular weight excluding hydrogens is 450 g/mol. The Morgan fingerprint density at radius 2 is 1.83 bits per heavy atom. The molecule has 0 aliphatic carbocycles. The number of rotatable bonds is 8. The molecule has 0 bridgehead atoms. The maximum absolute atomic E-state index is 12.8. The van der Waals surface area contributed by atoms with Gasteiger partial charge < -0.3 is 14.8 Å². The standard InChI is InChI=1S/C22H24BrN3O4/c1-14(15-6-8-16(23)9-7-15)25-21(27)5-4-10-26-13-24-18-12-20(30-3)19(29-2)11-17(18)22(26)28/h6-9,11-14H,4-5,10H2,1-3H3,(H,25,27). The number of ether oxygens (including phenoxy) is 2. The van der Waals surface area contributed by atoms with Crippen molar-refractivity contribution >= 4 is 32.7 Å². The van der Waals surface area contributed by atoms with Crippen LogP contribution in [0.25, 0.3) is 10.9 Å². The fraction of sp³-hybridized carbons (Fsp3) is 0.318. The Bertz CT molecular complexity index is 1100. The second kappa shape index (κ2) is 9.75. The van der Waals surface area contributed by atoms with Crippen LogP contribution in [0.15, 0.2) is 52.0 Å². The van der Waals surface area contributed by atoms with Gasteiger partial charge in [0, 0.05) is 23.5 Å². The van der Waals surface area contributed by atoms with Crippen molar-refractivity contribution in [2.45, 2.75) is 32.4 Å². The molecular formula is C22H24BrN3O4. The Labute approximate surface area is 183 Å². The number of methoxy groups -OCH3 is 2. The van der Waals surface area contributed by atoms with E-state index in [0.717, 1.165) is 10.0 Å². The summed E-state index contributed by atoms with van der Waals surface area (Å²) in [5.74, 6) is 0.938. The average Bonchev–Trinajstić information content (AvgIpc) is 2.75. The number of amides is 1. The predicted octanol–water partition coefficient (Wildman–Crippen LogP) is 3.83. The van der Waals surface area contributed by atoms with Crippen molar-refractivity contribution in [3.63, 3.8) is 0 Å². The van der Waals surface area contributed by atoms with Gasteiger partial charge in [0.05, 0.1) is 37.5 Å². The molecule has 1 atom stereocenters. The lowest BCUT2D eigenvalue weighted by Gasteiger charge is -2.15. The number of carbonyl (C=O) groups excluding carboxylic acids is 1. The molecule has 1 N–H and O–H groups in total. The number of nitrogens with one attached hydrogen (secondary N) is 1. The van der Waals surface area contributed by atoms with E-state index in [1.807, 2.05) is 31.2 Å². The molecule has 158 valence electrons. The zero-order valence-electron chi connectivity index (χ0n) is 17.1. The first kappa shape index (κ1) is 21.8. The highest BCUT2D eigenvalue weighted by molar-refractivity contribution is 9.10. The van der Waals surface area contributed by atoms with Crippen molar-refractivity contribution in [3.8, 4) is 11.5 Å². The van der Waals surface area contributed by atoms with Crippen LogP contribution in [0.4, 0.5) is 0 Å². The van der Waals surface area contributed by atoms with Crippen molar-refractivity contribution in [3.05, 3.63) is 63.1 Å². The maximum Gasteiger partial charge on any atom is 0.261 e. The van der Waals surface area contributed by atoms with E-state index in [1.165, 1.54) is 25.1 Å². The highest BCUT2D eigenvalue weighted by atomic mass is 79.9. The molecule has 7 nitrogen and oxygen atoms in total. The third-order valence-electron chi connectivity index (χ3n) is 4.88. The van der Waals surface area contributed by atoms with Gasteiger partial charge in [-0.1, -0.05) is 28.1 Å². The maximum atomic E-state index is 12.8. The second-order valence-electron chi connectivity index (χ2n) is 6.91. The topological polar surface area (TPSA) is 82.5 Å². The van der Waals surface area contributed by atoms with Gasteiger partial charge in [-0.05, 0) is 37.1 Å². The molecule has 0 aliphatic heterocycles. The summed E-state index contributed by atoms with van der Waals surface area (Å²) in [6, 6.07) is 11.1. The van der Waals surface area contributed by atoms with E-state index >= 15 is 0 Å². The summed E-state index contributed by atoms with van der Waals surface area (Å²) >= 11 is 3.40. The third kappa shape index (κ3) is 4.99. The van der Waals surface area contributed by atoms with E-state index < -0.39 is 0 Å². The summed E-state index contributed by atoms with van der Waals surface area (Å²) in [4.78, 5) is 29.4. The molecule has 2 aromatic carbocycles. The Kier molecular flexibility index (Phi) is 7.10. The molecule has 1 heterocycles. The van der Waals surface area contributed by atoms with Gasteiger partial charge in [-0.2, -0.15) is 0 Å². The van der Waals surface area contributed by atoms with Crippen molar-refractivity contribution in [2.24, 2.45) is 0 Å². The number of halogens is 1. The van der Waals surface area contributed by atoms with Gasteiger partial charge in [0.2, 0.25) is 5.91 Å². The molecule has 0 spiro atoms. The fourth-order valence-corrected chi connectivity index (χ4v) is 3.47. The average molecular weight is 474 g/mol. The zero-order chi connectivity index (χ0) is 21.7. The van der Waals surface area contributed by atoms with Crippen LogP contribution < -0.4 is 20.3 Å². The van der Waals surface area contributed by atoms with Gasteiger partial charge in [0.1, 0.15) is 0 Å². The highest BCUT2D eigenvalue weighted by Crippen LogP contribution is 2.29. The molecule has 0 aliphatic rings. The number of fused-ring (bicyclic) bond motifs is 1. The summed E-state index contributed by atoms with van der Waals surface area (Å²) in [6.07, 6.45) is 2.34. The molecule has 30 heavy (non-hydrogen) atoms. The van der Waals surface area contributed by atoms with Crippen LogP contribution in [0.5, 0.6) is 11.5 Å². The van der Waals surface area contributed by atoms with Crippen molar-refractivity contribution in [1.29, 1.82) is 0 Å². The van der Waals surface area contributed by atoms with E-state index in [4.69, 9.17) is 9.47 Å². The Balaban J connectivity index is 1.62. The number of hydrogen-bond acceptors (Lipinski definition) is 5. The van der Waals surface area contributed by atoms with Crippen LogP contribution in [0.3, 0.4) is 0 Å². The molecule has 0 radical (unpaired) electrons. The lowest BCUT2D eigenvalue weighted by Crippen LogP contribution is -2.27. The van der Waals surface area contributed by atoms with E-state index in [0.29, 0.717) is 41.8 Å². The first-order chi connectivity index (χ1) is 14.4. The lowest BCUT2D eigenvalue weighted by atomic mass is 10.1. The van der Waals surface area contributed by atoms with Gasteiger partial charge in [-0.3, -0.25) is 14.2 Å². The molecule has 0 fully saturated rings. The first-order valence-corrected chi connectivity index (χ1v) is 10.4. The summed E-state index contributed by atoms with van der Waals surface area (Å²) in [6.45, 7) is 2.34. The predicted molar refractivity (Wildman–Crippen MR) is 119 cm³/mol. The lowest BCUT2D eigenvalue weighted by molar-refractivity contribution is -0.121. The Morgan fingerprint density at radius 3 is 2.50 bits per heavy atom. The van der Waals surface area contributed by atoms with E-state index in [-0.39, 0.29) is 17.5 Å².